The summed E-state index contributed by atoms with van der Waals surface area (Å²) in [6.45, 7) is 1.59. The molecule has 0 aromatic heterocycles. The largest absolute Gasteiger partial charge is 0.389 e. The minimum Gasteiger partial charge on any atom is -0.389 e. The van der Waals surface area contributed by atoms with Crippen molar-refractivity contribution >= 4 is 17.6 Å². The van der Waals surface area contributed by atoms with E-state index in [1.54, 1.807) is 45.3 Å². The van der Waals surface area contributed by atoms with E-state index < -0.39 is 12.1 Å². The number of anilines is 1. The number of rotatable bonds is 4. The van der Waals surface area contributed by atoms with Crippen molar-refractivity contribution in [1.82, 2.24) is 10.2 Å². The van der Waals surface area contributed by atoms with Crippen LogP contribution in [0.5, 0.6) is 0 Å². The second-order valence-electron chi connectivity index (χ2n) is 4.40. The first kappa shape index (κ1) is 15.0. The summed E-state index contributed by atoms with van der Waals surface area (Å²) in [6, 6.07) is 6.43. The summed E-state index contributed by atoms with van der Waals surface area (Å²) in [6.07, 6.45) is -0.597. The van der Waals surface area contributed by atoms with Gasteiger partial charge in [0.2, 0.25) is 5.91 Å². The lowest BCUT2D eigenvalue weighted by Gasteiger charge is -2.12. The summed E-state index contributed by atoms with van der Waals surface area (Å²) < 4.78 is 0. The molecule has 0 spiro atoms. The fourth-order valence-corrected chi connectivity index (χ4v) is 1.37. The number of benzene rings is 1. The predicted molar refractivity (Wildman–Crippen MR) is 72.8 cm³/mol. The first-order valence-corrected chi connectivity index (χ1v) is 5.93. The Morgan fingerprint density at radius 3 is 2.63 bits per heavy atom. The third kappa shape index (κ3) is 4.97. The number of hydrogen-bond donors (Lipinski definition) is 3. The molecular formula is C13H19N3O3. The van der Waals surface area contributed by atoms with Gasteiger partial charge in [0.05, 0.1) is 12.6 Å². The van der Waals surface area contributed by atoms with Crippen LogP contribution in [-0.2, 0) is 4.79 Å². The summed E-state index contributed by atoms with van der Waals surface area (Å²) in [7, 11) is 3.24. The molecular weight excluding hydrogens is 246 g/mol. The Bertz CT molecular complexity index is 458. The SMILES string of the molecule is CC(O)c1cccc(NC(=O)NCC(=O)N(C)C)c1. The van der Waals surface area contributed by atoms with Crippen molar-refractivity contribution in [2.24, 2.45) is 0 Å². The lowest BCUT2D eigenvalue weighted by Crippen LogP contribution is -2.38. The van der Waals surface area contributed by atoms with E-state index in [4.69, 9.17) is 0 Å². The molecule has 0 fully saturated rings. The average molecular weight is 265 g/mol. The number of hydrogen-bond acceptors (Lipinski definition) is 3. The molecule has 3 amide bonds. The van der Waals surface area contributed by atoms with Crippen molar-refractivity contribution in [2.75, 3.05) is 26.0 Å². The third-order valence-corrected chi connectivity index (χ3v) is 2.53. The standard InChI is InChI=1S/C13H19N3O3/c1-9(17)10-5-4-6-11(7-10)15-13(19)14-8-12(18)16(2)3/h4-7,9,17H,8H2,1-3H3,(H2,14,15,19). The fraction of sp³-hybridized carbons (Fsp3) is 0.385. The molecule has 1 unspecified atom stereocenters. The van der Waals surface area contributed by atoms with Crippen LogP contribution in [0.4, 0.5) is 10.5 Å². The number of aliphatic hydroxyl groups excluding tert-OH is 1. The summed E-state index contributed by atoms with van der Waals surface area (Å²) in [5.41, 5.74) is 1.27. The molecule has 0 heterocycles. The van der Waals surface area contributed by atoms with Crippen LogP contribution in [0.1, 0.15) is 18.6 Å². The molecule has 0 aliphatic carbocycles. The molecule has 104 valence electrons. The number of amides is 3. The van der Waals surface area contributed by atoms with E-state index in [2.05, 4.69) is 10.6 Å². The molecule has 1 atom stereocenters. The highest BCUT2D eigenvalue weighted by atomic mass is 16.3. The minimum absolute atomic E-state index is 0.0606. The Labute approximate surface area is 112 Å². The van der Waals surface area contributed by atoms with E-state index in [-0.39, 0.29) is 12.5 Å². The van der Waals surface area contributed by atoms with E-state index in [0.29, 0.717) is 11.3 Å². The Morgan fingerprint density at radius 2 is 2.05 bits per heavy atom. The van der Waals surface area contributed by atoms with Crippen LogP contribution in [0.2, 0.25) is 0 Å². The van der Waals surface area contributed by atoms with Crippen molar-refractivity contribution in [3.05, 3.63) is 29.8 Å². The number of carbonyl (C=O) groups excluding carboxylic acids is 2. The molecule has 0 saturated carbocycles. The molecule has 6 nitrogen and oxygen atoms in total. The van der Waals surface area contributed by atoms with E-state index in [1.165, 1.54) is 4.90 Å². The zero-order valence-corrected chi connectivity index (χ0v) is 11.3. The lowest BCUT2D eigenvalue weighted by atomic mass is 10.1. The summed E-state index contributed by atoms with van der Waals surface area (Å²) in [5, 5.41) is 14.5. The van der Waals surface area contributed by atoms with Gasteiger partial charge in [-0.05, 0) is 24.6 Å². The van der Waals surface area contributed by atoms with Crippen molar-refractivity contribution in [3.63, 3.8) is 0 Å². The van der Waals surface area contributed by atoms with Crippen LogP contribution in [0, 0.1) is 0 Å². The highest BCUT2D eigenvalue weighted by Crippen LogP contribution is 2.16. The molecule has 0 radical (unpaired) electrons. The van der Waals surface area contributed by atoms with Gasteiger partial charge in [0, 0.05) is 19.8 Å². The fourth-order valence-electron chi connectivity index (χ4n) is 1.37. The maximum Gasteiger partial charge on any atom is 0.319 e. The topological polar surface area (TPSA) is 81.7 Å². The molecule has 0 aliphatic rings. The van der Waals surface area contributed by atoms with Crippen molar-refractivity contribution in [2.45, 2.75) is 13.0 Å². The van der Waals surface area contributed by atoms with Gasteiger partial charge in [-0.25, -0.2) is 4.79 Å². The van der Waals surface area contributed by atoms with Gasteiger partial charge in [-0.15, -0.1) is 0 Å². The van der Waals surface area contributed by atoms with Gasteiger partial charge < -0.3 is 20.6 Å². The average Bonchev–Trinajstić information content (AvgIpc) is 2.36. The van der Waals surface area contributed by atoms with Crippen LogP contribution < -0.4 is 10.6 Å². The predicted octanol–water partition coefficient (Wildman–Crippen LogP) is 0.950. The normalized spacial score (nSPS) is 11.6. The van der Waals surface area contributed by atoms with Crippen molar-refractivity contribution in [1.29, 1.82) is 0 Å². The minimum atomic E-state index is -0.597. The van der Waals surface area contributed by atoms with Crippen molar-refractivity contribution < 1.29 is 14.7 Å². The Morgan fingerprint density at radius 1 is 1.37 bits per heavy atom. The van der Waals surface area contributed by atoms with Gasteiger partial charge in [0.15, 0.2) is 0 Å². The molecule has 1 aromatic rings. The zero-order chi connectivity index (χ0) is 14.4. The molecule has 0 bridgehead atoms. The van der Waals surface area contributed by atoms with E-state index in [9.17, 15) is 14.7 Å². The number of aliphatic hydroxyl groups is 1. The van der Waals surface area contributed by atoms with Gasteiger partial charge in [-0.2, -0.15) is 0 Å². The van der Waals surface area contributed by atoms with Gasteiger partial charge in [-0.3, -0.25) is 4.79 Å². The van der Waals surface area contributed by atoms with Crippen LogP contribution in [-0.4, -0.2) is 42.6 Å². The Kier molecular flexibility index (Phi) is 5.32. The Balaban J connectivity index is 2.53. The summed E-state index contributed by atoms with van der Waals surface area (Å²) in [5.74, 6) is -0.187. The lowest BCUT2D eigenvalue weighted by molar-refractivity contribution is -0.127. The molecule has 6 heteroatoms. The number of carbonyl (C=O) groups is 2. The first-order valence-electron chi connectivity index (χ1n) is 5.93. The number of nitrogens with zero attached hydrogens (tertiary/aromatic N) is 1. The molecule has 0 saturated heterocycles. The van der Waals surface area contributed by atoms with E-state index in [1.807, 2.05) is 0 Å². The van der Waals surface area contributed by atoms with Crippen LogP contribution in [0.15, 0.2) is 24.3 Å². The maximum absolute atomic E-state index is 11.6. The second-order valence-corrected chi connectivity index (χ2v) is 4.40. The Hall–Kier alpha value is -2.08. The molecule has 1 rings (SSSR count). The zero-order valence-electron chi connectivity index (χ0n) is 11.3. The molecule has 19 heavy (non-hydrogen) atoms. The maximum atomic E-state index is 11.6. The van der Waals surface area contributed by atoms with Gasteiger partial charge in [0.1, 0.15) is 0 Å². The van der Waals surface area contributed by atoms with Gasteiger partial charge in [-0.1, -0.05) is 12.1 Å². The van der Waals surface area contributed by atoms with Crippen LogP contribution in [0.3, 0.4) is 0 Å². The third-order valence-electron chi connectivity index (χ3n) is 2.53. The molecule has 1 aromatic carbocycles. The van der Waals surface area contributed by atoms with Crippen molar-refractivity contribution in [3.8, 4) is 0 Å². The smallest absolute Gasteiger partial charge is 0.319 e. The quantitative estimate of drug-likeness (QED) is 0.758. The summed E-state index contributed by atoms with van der Waals surface area (Å²) in [4.78, 5) is 24.3. The van der Waals surface area contributed by atoms with Crippen LogP contribution in [0.25, 0.3) is 0 Å². The van der Waals surface area contributed by atoms with E-state index in [0.717, 1.165) is 0 Å². The highest BCUT2D eigenvalue weighted by Gasteiger charge is 2.08. The van der Waals surface area contributed by atoms with Crippen LogP contribution >= 0.6 is 0 Å². The molecule has 3 N–H and O–H groups in total. The molecule has 0 aliphatic heterocycles. The highest BCUT2D eigenvalue weighted by molar-refractivity contribution is 5.92. The monoisotopic (exact) mass is 265 g/mol. The number of urea groups is 1. The summed E-state index contributed by atoms with van der Waals surface area (Å²) >= 11 is 0. The number of likely N-dealkylation sites (N-methyl/N-ethyl adjacent to an activating group) is 1. The first-order chi connectivity index (χ1) is 8.90. The van der Waals surface area contributed by atoms with Gasteiger partial charge >= 0.3 is 6.03 Å². The number of nitrogens with one attached hydrogen (secondary N) is 2. The van der Waals surface area contributed by atoms with E-state index >= 15 is 0 Å². The second kappa shape index (κ2) is 6.75. The van der Waals surface area contributed by atoms with Gasteiger partial charge in [0.25, 0.3) is 0 Å².